The molecule has 214 valence electrons. The molecule has 2 amide bonds. The van der Waals surface area contributed by atoms with Crippen LogP contribution in [0.4, 0.5) is 23.9 Å². The molecule has 0 fully saturated rings. The van der Waals surface area contributed by atoms with Gasteiger partial charge in [0.2, 0.25) is 5.95 Å². The minimum Gasteiger partial charge on any atom is -0.497 e. The van der Waals surface area contributed by atoms with Crippen molar-refractivity contribution in [2.45, 2.75) is 18.4 Å². The fourth-order valence-electron chi connectivity index (χ4n) is 4.26. The zero-order chi connectivity index (χ0) is 29.9. The highest BCUT2D eigenvalue weighted by molar-refractivity contribution is 6.00. The second-order valence-electron chi connectivity index (χ2n) is 8.69. The van der Waals surface area contributed by atoms with Crippen molar-refractivity contribution in [3.8, 4) is 5.75 Å². The first-order valence-corrected chi connectivity index (χ1v) is 11.8. The Balaban J connectivity index is 0.000000493. The van der Waals surface area contributed by atoms with Crippen molar-refractivity contribution < 1.29 is 47.2 Å². The molecule has 4 aromatic rings. The van der Waals surface area contributed by atoms with Gasteiger partial charge in [0, 0.05) is 23.2 Å². The monoisotopic (exact) mass is 572 g/mol. The van der Waals surface area contributed by atoms with Crippen LogP contribution in [0, 0.1) is 0 Å². The number of rotatable bonds is 5. The van der Waals surface area contributed by atoms with E-state index in [-0.39, 0.29) is 18.4 Å². The number of aliphatic hydroxyl groups is 1. The van der Waals surface area contributed by atoms with Crippen LogP contribution >= 0.6 is 0 Å². The van der Waals surface area contributed by atoms with Gasteiger partial charge in [0.25, 0.3) is 5.91 Å². The van der Waals surface area contributed by atoms with Gasteiger partial charge in [0.1, 0.15) is 5.75 Å². The molecular formula is C27H23F3N4O7. The van der Waals surface area contributed by atoms with Gasteiger partial charge in [-0.3, -0.25) is 15.0 Å². The molecule has 0 radical (unpaired) electrons. The summed E-state index contributed by atoms with van der Waals surface area (Å²) in [5, 5.41) is 21.7. The molecular weight excluding hydrogens is 549 g/mol. The summed E-state index contributed by atoms with van der Waals surface area (Å²) in [7, 11) is 2.85. The number of hydrogen-bond donors (Lipinski definition) is 4. The smallest absolute Gasteiger partial charge is 0.490 e. The van der Waals surface area contributed by atoms with E-state index in [9.17, 15) is 27.9 Å². The number of hydrogen-bond acceptors (Lipinski definition) is 7. The summed E-state index contributed by atoms with van der Waals surface area (Å²) < 4.78 is 41.6. The van der Waals surface area contributed by atoms with E-state index in [0.717, 1.165) is 5.56 Å². The summed E-state index contributed by atoms with van der Waals surface area (Å²) >= 11 is 0. The highest BCUT2D eigenvalue weighted by Gasteiger charge is 2.49. The number of benzene rings is 3. The number of alkyl halides is 3. The quantitative estimate of drug-likeness (QED) is 0.277. The number of halogens is 3. The normalized spacial score (nSPS) is 16.0. The first-order chi connectivity index (χ1) is 19.4. The van der Waals surface area contributed by atoms with Crippen LogP contribution in [0.2, 0.25) is 0 Å². The number of fused-ring (bicyclic) bond motifs is 2. The summed E-state index contributed by atoms with van der Waals surface area (Å²) in [4.78, 5) is 42.6. The van der Waals surface area contributed by atoms with Gasteiger partial charge >= 0.3 is 18.2 Å². The van der Waals surface area contributed by atoms with Crippen LogP contribution in [0.3, 0.4) is 0 Å². The Bertz CT molecular complexity index is 1600. The fraction of sp³-hybridized carbons (Fsp3) is 0.185. The maximum atomic E-state index is 13.4. The number of carboxylic acid groups (broad SMARTS) is 1. The average molecular weight is 572 g/mol. The zero-order valence-corrected chi connectivity index (χ0v) is 21.5. The van der Waals surface area contributed by atoms with Crippen molar-refractivity contribution in [3.05, 3.63) is 89.0 Å². The number of aliphatic carboxylic acids is 1. The third-order valence-corrected chi connectivity index (χ3v) is 6.20. The number of amides is 2. The number of nitrogens with zero attached hydrogens (tertiary/aromatic N) is 2. The number of H-pyrrole nitrogens is 1. The highest BCUT2D eigenvalue weighted by Crippen LogP contribution is 2.43. The number of imidazole rings is 1. The molecule has 1 unspecified atom stereocenters. The number of ether oxygens (including phenoxy) is 2. The molecule has 0 saturated heterocycles. The van der Waals surface area contributed by atoms with Crippen molar-refractivity contribution in [1.29, 1.82) is 0 Å². The van der Waals surface area contributed by atoms with Crippen molar-refractivity contribution >= 4 is 35.0 Å². The minimum atomic E-state index is -5.08. The number of nitrogens with one attached hydrogen (secondary N) is 2. The predicted molar refractivity (Wildman–Crippen MR) is 138 cm³/mol. The lowest BCUT2D eigenvalue weighted by atomic mass is 9.93. The van der Waals surface area contributed by atoms with Crippen LogP contribution in [-0.2, 0) is 21.8 Å². The standard InChI is InChI=1S/C25H22N4O5.C2HF3O2/c1-33-17-10-7-15(8-11-17)14-29-22(30)18-5-3-4-6-19(18)25(29,32)16-9-12-20-21(13-16)27-23(26-20)28-24(31)34-2;3-2(4,5)1(6)7/h3-13,32H,14H2,1-2H3,(H2,26,27,28,31);(H,6,7). The predicted octanol–water partition coefficient (Wildman–Crippen LogP) is 4.23. The lowest BCUT2D eigenvalue weighted by Crippen LogP contribution is -2.44. The minimum absolute atomic E-state index is 0.185. The molecule has 14 heteroatoms. The summed E-state index contributed by atoms with van der Waals surface area (Å²) in [6.07, 6.45) is -5.74. The Kier molecular flexibility index (Phi) is 7.87. The molecule has 4 N–H and O–H groups in total. The molecule has 0 aliphatic carbocycles. The summed E-state index contributed by atoms with van der Waals surface area (Å²) in [5.74, 6) is -2.11. The molecule has 1 atom stereocenters. The van der Waals surface area contributed by atoms with Gasteiger partial charge in [-0.25, -0.2) is 14.6 Å². The summed E-state index contributed by atoms with van der Waals surface area (Å²) in [6.45, 7) is 0.185. The number of carbonyl (C=O) groups excluding carboxylic acids is 2. The third kappa shape index (κ3) is 5.77. The molecule has 0 saturated carbocycles. The van der Waals surface area contributed by atoms with Gasteiger partial charge in [-0.15, -0.1) is 0 Å². The molecule has 41 heavy (non-hydrogen) atoms. The fourth-order valence-corrected chi connectivity index (χ4v) is 4.26. The zero-order valence-electron chi connectivity index (χ0n) is 21.5. The van der Waals surface area contributed by atoms with Crippen molar-refractivity contribution in [3.63, 3.8) is 0 Å². The Hall–Kier alpha value is -5.11. The number of carboxylic acids is 1. The van der Waals surface area contributed by atoms with Crippen molar-refractivity contribution in [1.82, 2.24) is 14.9 Å². The van der Waals surface area contributed by atoms with Crippen molar-refractivity contribution in [2.24, 2.45) is 0 Å². The number of carbonyl (C=O) groups is 3. The molecule has 5 rings (SSSR count). The van der Waals surface area contributed by atoms with Gasteiger partial charge in [-0.2, -0.15) is 13.2 Å². The van der Waals surface area contributed by atoms with Crippen LogP contribution in [0.1, 0.15) is 27.0 Å². The maximum absolute atomic E-state index is 13.4. The van der Waals surface area contributed by atoms with E-state index in [1.807, 2.05) is 24.3 Å². The van der Waals surface area contributed by atoms with Crippen LogP contribution in [0.5, 0.6) is 5.75 Å². The first kappa shape index (κ1) is 28.9. The van der Waals surface area contributed by atoms with Crippen LogP contribution < -0.4 is 10.1 Å². The van der Waals surface area contributed by atoms with Crippen molar-refractivity contribution in [2.75, 3.05) is 19.5 Å². The van der Waals surface area contributed by atoms with Gasteiger partial charge < -0.3 is 24.7 Å². The van der Waals surface area contributed by atoms with Crippen LogP contribution in [0.25, 0.3) is 11.0 Å². The first-order valence-electron chi connectivity index (χ1n) is 11.8. The second kappa shape index (κ2) is 11.2. The average Bonchev–Trinajstić information content (AvgIpc) is 3.45. The molecule has 11 nitrogen and oxygen atoms in total. The molecule has 1 aliphatic rings. The second-order valence-corrected chi connectivity index (χ2v) is 8.69. The molecule has 1 aromatic heterocycles. The Morgan fingerprint density at radius 2 is 1.73 bits per heavy atom. The summed E-state index contributed by atoms with van der Waals surface area (Å²) in [5.41, 5.74) is 1.73. The Labute approximate surface area is 230 Å². The number of aromatic amines is 1. The lowest BCUT2D eigenvalue weighted by Gasteiger charge is -2.35. The van der Waals surface area contributed by atoms with Gasteiger partial charge in [0.15, 0.2) is 5.72 Å². The van der Waals surface area contributed by atoms with Gasteiger partial charge in [-0.05, 0) is 35.9 Å². The topological polar surface area (TPSA) is 154 Å². The van der Waals surface area contributed by atoms with E-state index in [1.165, 1.54) is 12.0 Å². The third-order valence-electron chi connectivity index (χ3n) is 6.20. The van der Waals surface area contributed by atoms with E-state index < -0.39 is 24.0 Å². The molecule has 0 spiro atoms. The lowest BCUT2D eigenvalue weighted by molar-refractivity contribution is -0.192. The number of methoxy groups -OCH3 is 2. The summed E-state index contributed by atoms with van der Waals surface area (Å²) in [6, 6.07) is 19.5. The SMILES string of the molecule is COC(=O)Nc1nc2ccc(C3(O)c4ccccc4C(=O)N3Cc3ccc(OC)cc3)cc2[nH]1.O=C(O)C(F)(F)F. The molecule has 2 heterocycles. The molecule has 3 aromatic carbocycles. The molecule has 1 aliphatic heterocycles. The van der Waals surface area contributed by atoms with E-state index in [1.54, 1.807) is 49.6 Å². The van der Waals surface area contributed by atoms with Gasteiger partial charge in [0.05, 0.1) is 25.3 Å². The van der Waals surface area contributed by atoms with E-state index >= 15 is 0 Å². The highest BCUT2D eigenvalue weighted by atomic mass is 19.4. The Morgan fingerprint density at radius 1 is 1.07 bits per heavy atom. The van der Waals surface area contributed by atoms with E-state index in [0.29, 0.717) is 33.5 Å². The Morgan fingerprint density at radius 3 is 2.34 bits per heavy atom. The van der Waals surface area contributed by atoms with E-state index in [4.69, 9.17) is 14.6 Å². The number of aromatic nitrogens is 2. The number of anilines is 1. The largest absolute Gasteiger partial charge is 0.497 e. The maximum Gasteiger partial charge on any atom is 0.490 e. The van der Waals surface area contributed by atoms with Crippen LogP contribution in [0.15, 0.2) is 66.7 Å². The van der Waals surface area contributed by atoms with Gasteiger partial charge in [-0.1, -0.05) is 36.4 Å². The van der Waals surface area contributed by atoms with E-state index in [2.05, 4.69) is 20.0 Å². The molecule has 0 bridgehead atoms. The van der Waals surface area contributed by atoms with Crippen LogP contribution in [-0.4, -0.2) is 63.4 Å².